The highest BCUT2D eigenvalue weighted by Crippen LogP contribution is 2.10. The fourth-order valence-electron chi connectivity index (χ4n) is 0.749. The minimum absolute atomic E-state index is 0.251. The van der Waals surface area contributed by atoms with Crippen LogP contribution in [0.2, 0.25) is 0 Å². The van der Waals surface area contributed by atoms with Gasteiger partial charge in [-0.2, -0.15) is 10.4 Å². The van der Waals surface area contributed by atoms with E-state index in [1.165, 1.54) is 7.05 Å². The Hall–Kier alpha value is -0.940. The molecular weight excluding hydrogens is 136 g/mol. The second kappa shape index (κ2) is 2.76. The molecule has 0 aliphatic carbocycles. The molecule has 56 valence electrons. The summed E-state index contributed by atoms with van der Waals surface area (Å²) in [5, 5.41) is 0.736. The van der Waals surface area contributed by atoms with E-state index in [2.05, 4.69) is 10.4 Å². The largest absolute Gasteiger partial charge is 0.272 e. The number of amides is 2. The first-order valence-electron chi connectivity index (χ1n) is 2.95. The highest BCUT2D eigenvalue weighted by atomic mass is 16.8. The second-order valence-corrected chi connectivity index (χ2v) is 1.88. The van der Waals surface area contributed by atoms with Crippen molar-refractivity contribution in [2.24, 2.45) is 0 Å². The monoisotopic (exact) mass is 144 g/mol. The molecule has 2 amide bonds. The van der Waals surface area contributed by atoms with Crippen molar-refractivity contribution in [2.75, 3.05) is 7.05 Å². The molecule has 0 bridgehead atoms. The van der Waals surface area contributed by atoms with Crippen LogP contribution in [0.3, 0.4) is 0 Å². The van der Waals surface area contributed by atoms with Gasteiger partial charge in [0, 0.05) is 19.9 Å². The maximum Gasteiger partial charge on any atom is 0.255 e. The summed E-state index contributed by atoms with van der Waals surface area (Å²) in [5.74, 6) is -0.585. The van der Waals surface area contributed by atoms with E-state index < -0.39 is 0 Å². The van der Waals surface area contributed by atoms with Crippen molar-refractivity contribution in [3.05, 3.63) is 0 Å². The molecule has 0 aromatic rings. The first-order chi connectivity index (χ1) is 4.75. The molecule has 1 saturated heterocycles. The predicted molar refractivity (Wildman–Crippen MR) is 31.2 cm³/mol. The maximum atomic E-state index is 10.7. The Bertz CT molecular complexity index is 152. The SMILES string of the molecule is CNON1C(=O)CCC1=O. The van der Waals surface area contributed by atoms with Crippen molar-refractivity contribution in [3.63, 3.8) is 0 Å². The van der Waals surface area contributed by atoms with Gasteiger partial charge in [-0.15, -0.1) is 5.06 Å². The lowest BCUT2D eigenvalue weighted by atomic mass is 10.4. The fraction of sp³-hybridized carbons (Fsp3) is 0.600. The molecule has 0 unspecified atom stereocenters. The van der Waals surface area contributed by atoms with Crippen LogP contribution < -0.4 is 5.48 Å². The Balaban J connectivity index is 2.54. The number of rotatable bonds is 2. The zero-order chi connectivity index (χ0) is 7.56. The zero-order valence-corrected chi connectivity index (χ0v) is 5.59. The van der Waals surface area contributed by atoms with E-state index >= 15 is 0 Å². The lowest BCUT2D eigenvalue weighted by Gasteiger charge is -2.09. The van der Waals surface area contributed by atoms with Gasteiger partial charge < -0.3 is 0 Å². The minimum atomic E-state index is -0.292. The van der Waals surface area contributed by atoms with Gasteiger partial charge in [0.15, 0.2) is 0 Å². The first kappa shape index (κ1) is 7.17. The van der Waals surface area contributed by atoms with Crippen LogP contribution in [0, 0.1) is 0 Å². The molecule has 1 heterocycles. The van der Waals surface area contributed by atoms with E-state index in [1.807, 2.05) is 0 Å². The van der Waals surface area contributed by atoms with Crippen LogP contribution in [-0.2, 0) is 14.5 Å². The molecule has 0 atom stereocenters. The lowest BCUT2D eigenvalue weighted by Crippen LogP contribution is -2.33. The third-order valence-corrected chi connectivity index (χ3v) is 1.19. The summed E-state index contributed by atoms with van der Waals surface area (Å²) in [4.78, 5) is 25.9. The normalized spacial score (nSPS) is 18.7. The van der Waals surface area contributed by atoms with Crippen molar-refractivity contribution in [2.45, 2.75) is 12.8 Å². The quantitative estimate of drug-likeness (QED) is 0.407. The number of imide groups is 1. The van der Waals surface area contributed by atoms with Gasteiger partial charge in [0.25, 0.3) is 11.8 Å². The summed E-state index contributed by atoms with van der Waals surface area (Å²) in [6.45, 7) is 0. The van der Waals surface area contributed by atoms with E-state index in [1.54, 1.807) is 0 Å². The fourth-order valence-corrected chi connectivity index (χ4v) is 0.749. The van der Waals surface area contributed by atoms with E-state index in [-0.39, 0.29) is 24.7 Å². The van der Waals surface area contributed by atoms with Crippen LogP contribution in [-0.4, -0.2) is 23.9 Å². The Kier molecular flexibility index (Phi) is 1.98. The number of nitrogens with one attached hydrogen (secondary N) is 1. The van der Waals surface area contributed by atoms with Crippen LogP contribution in [0.15, 0.2) is 0 Å². The third-order valence-electron chi connectivity index (χ3n) is 1.19. The Morgan fingerprint density at radius 2 is 1.90 bits per heavy atom. The van der Waals surface area contributed by atoms with Gasteiger partial charge in [-0.05, 0) is 0 Å². The van der Waals surface area contributed by atoms with Crippen LogP contribution in [0.25, 0.3) is 0 Å². The molecule has 1 fully saturated rings. The molecule has 1 aliphatic heterocycles. The summed E-state index contributed by atoms with van der Waals surface area (Å²) in [7, 11) is 1.48. The molecule has 0 radical (unpaired) electrons. The van der Waals surface area contributed by atoms with Crippen molar-refractivity contribution >= 4 is 11.8 Å². The van der Waals surface area contributed by atoms with Crippen molar-refractivity contribution < 1.29 is 14.5 Å². The summed E-state index contributed by atoms with van der Waals surface area (Å²) < 4.78 is 0. The van der Waals surface area contributed by atoms with Gasteiger partial charge in [0.1, 0.15) is 0 Å². The van der Waals surface area contributed by atoms with Crippen LogP contribution in [0.5, 0.6) is 0 Å². The maximum absolute atomic E-state index is 10.7. The number of hydrogen-bond donors (Lipinski definition) is 1. The van der Waals surface area contributed by atoms with Crippen LogP contribution >= 0.6 is 0 Å². The molecule has 0 saturated carbocycles. The average molecular weight is 144 g/mol. The summed E-state index contributed by atoms with van der Waals surface area (Å²) in [6.07, 6.45) is 0.501. The minimum Gasteiger partial charge on any atom is -0.272 e. The molecule has 1 aliphatic rings. The van der Waals surface area contributed by atoms with E-state index in [9.17, 15) is 9.59 Å². The smallest absolute Gasteiger partial charge is 0.255 e. The lowest BCUT2D eigenvalue weighted by molar-refractivity contribution is -0.205. The van der Waals surface area contributed by atoms with E-state index in [0.29, 0.717) is 0 Å². The van der Waals surface area contributed by atoms with Crippen molar-refractivity contribution in [3.8, 4) is 0 Å². The van der Waals surface area contributed by atoms with Crippen molar-refractivity contribution in [1.29, 1.82) is 0 Å². The number of carbonyl (C=O) groups is 2. The van der Waals surface area contributed by atoms with E-state index in [4.69, 9.17) is 0 Å². The Morgan fingerprint density at radius 1 is 1.40 bits per heavy atom. The zero-order valence-electron chi connectivity index (χ0n) is 5.59. The van der Waals surface area contributed by atoms with Gasteiger partial charge >= 0.3 is 0 Å². The molecular formula is C5H8N2O3. The topological polar surface area (TPSA) is 58.6 Å². The highest BCUT2D eigenvalue weighted by molar-refractivity contribution is 6.00. The molecule has 1 N–H and O–H groups in total. The molecule has 0 spiro atoms. The van der Waals surface area contributed by atoms with Crippen molar-refractivity contribution in [1.82, 2.24) is 10.5 Å². The molecule has 10 heavy (non-hydrogen) atoms. The van der Waals surface area contributed by atoms with Gasteiger partial charge in [-0.1, -0.05) is 0 Å². The Morgan fingerprint density at radius 3 is 2.30 bits per heavy atom. The predicted octanol–water partition coefficient (Wildman–Crippen LogP) is -0.799. The highest BCUT2D eigenvalue weighted by Gasteiger charge is 2.30. The molecule has 1 rings (SSSR count). The van der Waals surface area contributed by atoms with Gasteiger partial charge in [0.05, 0.1) is 0 Å². The van der Waals surface area contributed by atoms with Gasteiger partial charge in [-0.3, -0.25) is 9.59 Å². The van der Waals surface area contributed by atoms with Gasteiger partial charge in [-0.25, -0.2) is 0 Å². The number of nitrogens with zero attached hydrogens (tertiary/aromatic N) is 1. The second-order valence-electron chi connectivity index (χ2n) is 1.88. The summed E-state index contributed by atoms with van der Waals surface area (Å²) in [5.41, 5.74) is 2.25. The molecule has 5 nitrogen and oxygen atoms in total. The Labute approximate surface area is 57.8 Å². The van der Waals surface area contributed by atoms with E-state index in [0.717, 1.165) is 5.06 Å². The van der Waals surface area contributed by atoms with Gasteiger partial charge in [0.2, 0.25) is 0 Å². The first-order valence-corrected chi connectivity index (χ1v) is 2.95. The average Bonchev–Trinajstić information content (AvgIpc) is 2.20. The third kappa shape index (κ3) is 1.14. The number of hydrogen-bond acceptors (Lipinski definition) is 4. The number of hydroxylamine groups is 3. The molecule has 0 aromatic carbocycles. The number of carbonyl (C=O) groups excluding carboxylic acids is 2. The molecule has 5 heteroatoms. The molecule has 0 aromatic heterocycles. The van der Waals surface area contributed by atoms with Crippen LogP contribution in [0.4, 0.5) is 0 Å². The van der Waals surface area contributed by atoms with Crippen LogP contribution in [0.1, 0.15) is 12.8 Å². The standard InChI is InChI=1S/C5H8N2O3/c1-6-10-7-4(8)2-3-5(7)9/h6H,2-3H2,1H3. The summed E-state index contributed by atoms with van der Waals surface area (Å²) in [6, 6.07) is 0. The summed E-state index contributed by atoms with van der Waals surface area (Å²) >= 11 is 0.